The van der Waals surface area contributed by atoms with Gasteiger partial charge in [-0.1, -0.05) is 43.5 Å². The summed E-state index contributed by atoms with van der Waals surface area (Å²) in [4.78, 5) is 40.8. The molecule has 1 aromatic heterocycles. The molecular weight excluding hydrogens is 580 g/mol. The minimum absolute atomic E-state index is 0.00434. The molecule has 0 amide bonds. The summed E-state index contributed by atoms with van der Waals surface area (Å²) in [5.41, 5.74) is 1.04. The predicted octanol–water partition coefficient (Wildman–Crippen LogP) is 6.27. The van der Waals surface area contributed by atoms with Crippen LogP contribution in [0.1, 0.15) is 65.3 Å². The number of nitro groups is 1. The van der Waals surface area contributed by atoms with Crippen LogP contribution in [0.2, 0.25) is 0 Å². The molecule has 0 saturated heterocycles. The summed E-state index contributed by atoms with van der Waals surface area (Å²) < 4.78 is 7.37. The molecule has 0 unspecified atom stereocenters. The van der Waals surface area contributed by atoms with Crippen molar-refractivity contribution in [3.63, 3.8) is 0 Å². The Bertz CT molecular complexity index is 1690. The second-order valence-electron chi connectivity index (χ2n) is 9.59. The first-order valence-electron chi connectivity index (χ1n) is 12.8. The highest BCUT2D eigenvalue weighted by atomic mass is 79.9. The van der Waals surface area contributed by atoms with E-state index in [0.717, 1.165) is 32.1 Å². The third-order valence-electron chi connectivity index (χ3n) is 6.87. The Hall–Kier alpha value is -4.38. The van der Waals surface area contributed by atoms with E-state index >= 15 is 0 Å². The fourth-order valence-corrected chi connectivity index (χ4v) is 5.49. The van der Waals surface area contributed by atoms with Crippen molar-refractivity contribution in [1.29, 1.82) is 0 Å². The number of rotatable bonds is 8. The van der Waals surface area contributed by atoms with E-state index < -0.39 is 10.9 Å². The van der Waals surface area contributed by atoms with Crippen LogP contribution in [0.3, 0.4) is 0 Å². The van der Waals surface area contributed by atoms with Gasteiger partial charge in [0, 0.05) is 17.5 Å². The van der Waals surface area contributed by atoms with Crippen LogP contribution >= 0.6 is 15.9 Å². The zero-order valence-corrected chi connectivity index (χ0v) is 22.9. The Morgan fingerprint density at radius 2 is 1.93 bits per heavy atom. The van der Waals surface area contributed by atoms with E-state index in [4.69, 9.17) is 9.72 Å². The number of carboxylic acid groups (broad SMARTS) is 1. The molecular formula is C29H25BrN4O6. The number of nitro benzene ring substituents is 1. The van der Waals surface area contributed by atoms with Crippen molar-refractivity contribution in [3.05, 3.63) is 108 Å². The lowest BCUT2D eigenvalue weighted by Gasteiger charge is -2.22. The monoisotopic (exact) mass is 604 g/mol. The number of aromatic nitrogens is 2. The summed E-state index contributed by atoms with van der Waals surface area (Å²) in [6.07, 6.45) is 6.49. The van der Waals surface area contributed by atoms with E-state index in [1.807, 2.05) is 12.1 Å². The minimum atomic E-state index is -1.08. The van der Waals surface area contributed by atoms with Crippen LogP contribution in [-0.4, -0.2) is 31.9 Å². The molecule has 4 aromatic rings. The van der Waals surface area contributed by atoms with Gasteiger partial charge >= 0.3 is 11.7 Å². The average Bonchev–Trinajstić information content (AvgIpc) is 2.96. The molecule has 5 rings (SSSR count). The maximum absolute atomic E-state index is 13.4. The molecule has 11 heteroatoms. The summed E-state index contributed by atoms with van der Waals surface area (Å²) >= 11 is 3.36. The van der Waals surface area contributed by atoms with Crippen LogP contribution in [0.15, 0.2) is 75.0 Å². The topological polar surface area (TPSA) is 137 Å². The van der Waals surface area contributed by atoms with Gasteiger partial charge in [-0.25, -0.2) is 9.78 Å². The Kier molecular flexibility index (Phi) is 8.01. The molecule has 0 aliphatic heterocycles. The number of benzene rings is 3. The number of fused-ring (bicyclic) bond motifs is 1. The predicted molar refractivity (Wildman–Crippen MR) is 153 cm³/mol. The van der Waals surface area contributed by atoms with Gasteiger partial charge in [0.15, 0.2) is 0 Å². The lowest BCUT2D eigenvalue weighted by Crippen LogP contribution is -2.25. The molecule has 1 aliphatic carbocycles. The molecule has 1 fully saturated rings. The van der Waals surface area contributed by atoms with Gasteiger partial charge in [-0.15, -0.1) is 0 Å². The number of nitrogens with zero attached hydrogens (tertiary/aromatic N) is 4. The first-order chi connectivity index (χ1) is 19.3. The van der Waals surface area contributed by atoms with Crippen molar-refractivity contribution in [2.45, 2.75) is 44.6 Å². The summed E-state index contributed by atoms with van der Waals surface area (Å²) in [7, 11) is 0. The molecule has 1 heterocycles. The summed E-state index contributed by atoms with van der Waals surface area (Å²) in [6.45, 7) is -0.0725. The van der Waals surface area contributed by atoms with Crippen molar-refractivity contribution >= 4 is 44.7 Å². The van der Waals surface area contributed by atoms with Crippen molar-refractivity contribution < 1.29 is 19.6 Å². The zero-order chi connectivity index (χ0) is 28.2. The summed E-state index contributed by atoms with van der Waals surface area (Å²) in [6, 6.07) is 16.2. The highest BCUT2D eigenvalue weighted by Gasteiger charge is 2.23. The normalized spacial score (nSPS) is 14.0. The number of hydrogen-bond donors (Lipinski definition) is 1. The second-order valence-corrected chi connectivity index (χ2v) is 10.4. The van der Waals surface area contributed by atoms with Crippen molar-refractivity contribution in [2.24, 2.45) is 5.10 Å². The van der Waals surface area contributed by atoms with Crippen LogP contribution in [0.5, 0.6) is 5.75 Å². The highest BCUT2D eigenvalue weighted by molar-refractivity contribution is 9.10. The number of halogens is 1. The summed E-state index contributed by atoms with van der Waals surface area (Å²) in [5.74, 6) is -0.392. The molecule has 10 nitrogen and oxygen atoms in total. The van der Waals surface area contributed by atoms with Gasteiger partial charge < -0.3 is 9.84 Å². The van der Waals surface area contributed by atoms with Crippen LogP contribution in [-0.2, 0) is 6.61 Å². The van der Waals surface area contributed by atoms with Gasteiger partial charge in [-0.2, -0.15) is 9.78 Å². The van der Waals surface area contributed by atoms with Gasteiger partial charge in [0.1, 0.15) is 12.4 Å². The number of para-hydroxylation sites is 1. The van der Waals surface area contributed by atoms with E-state index in [1.165, 1.54) is 29.1 Å². The Balaban J connectivity index is 1.49. The van der Waals surface area contributed by atoms with Crippen LogP contribution in [0, 0.1) is 10.1 Å². The van der Waals surface area contributed by atoms with E-state index in [2.05, 4.69) is 21.0 Å². The molecule has 0 spiro atoms. The van der Waals surface area contributed by atoms with E-state index in [9.17, 15) is 24.8 Å². The van der Waals surface area contributed by atoms with Gasteiger partial charge in [0.25, 0.3) is 5.56 Å². The smallest absolute Gasteiger partial charge is 0.335 e. The number of hydrogen-bond acceptors (Lipinski definition) is 7. The largest absolute Gasteiger partial charge is 0.481 e. The van der Waals surface area contributed by atoms with E-state index in [-0.39, 0.29) is 35.1 Å². The van der Waals surface area contributed by atoms with Gasteiger partial charge in [-0.05, 0) is 64.7 Å². The first kappa shape index (κ1) is 27.2. The lowest BCUT2D eigenvalue weighted by atomic mass is 9.88. The average molecular weight is 605 g/mol. The maximum atomic E-state index is 13.4. The van der Waals surface area contributed by atoms with Crippen LogP contribution in [0.4, 0.5) is 5.69 Å². The fraction of sp³-hybridized carbons (Fsp3) is 0.241. The fourth-order valence-electron chi connectivity index (χ4n) is 4.90. The quantitative estimate of drug-likeness (QED) is 0.142. The number of carbonyl (C=O) groups is 1. The third kappa shape index (κ3) is 5.79. The molecule has 1 saturated carbocycles. The molecule has 1 aliphatic rings. The van der Waals surface area contributed by atoms with Crippen molar-refractivity contribution in [3.8, 4) is 5.75 Å². The molecule has 1 N–H and O–H groups in total. The third-order valence-corrected chi connectivity index (χ3v) is 7.46. The summed E-state index contributed by atoms with van der Waals surface area (Å²) in [5, 5.41) is 26.1. The number of aromatic carboxylic acids is 1. The molecule has 0 bridgehead atoms. The maximum Gasteiger partial charge on any atom is 0.335 e. The van der Waals surface area contributed by atoms with Crippen molar-refractivity contribution in [2.75, 3.05) is 0 Å². The Labute approximate surface area is 237 Å². The van der Waals surface area contributed by atoms with E-state index in [1.54, 1.807) is 30.3 Å². The zero-order valence-electron chi connectivity index (χ0n) is 21.3. The van der Waals surface area contributed by atoms with Gasteiger partial charge in [-0.3, -0.25) is 14.9 Å². The molecule has 3 aromatic carbocycles. The Morgan fingerprint density at radius 3 is 2.67 bits per heavy atom. The van der Waals surface area contributed by atoms with Crippen LogP contribution < -0.4 is 10.3 Å². The standard InChI is InChI=1S/C29H25BrN4O6/c30-23-14-19(15-25(34(38)39)26(23)40-17-18-7-6-10-21(13-18)29(36)37)16-31-33-27(20-8-2-1-3-9-20)32-24-12-5-4-11-22(24)28(33)35/h4-7,10-16,20H,1-3,8-9,17H2,(H,36,37). The first-order valence-corrected chi connectivity index (χ1v) is 13.6. The van der Waals surface area contributed by atoms with E-state index in [0.29, 0.717) is 32.3 Å². The second kappa shape index (κ2) is 11.8. The Morgan fingerprint density at radius 1 is 1.15 bits per heavy atom. The minimum Gasteiger partial charge on any atom is -0.481 e. The lowest BCUT2D eigenvalue weighted by molar-refractivity contribution is -0.386. The molecule has 0 radical (unpaired) electrons. The number of carboxylic acids is 1. The highest BCUT2D eigenvalue weighted by Crippen LogP contribution is 2.37. The SMILES string of the molecule is O=C(O)c1cccc(COc2c(Br)cc(C=Nn3c(C4CCCCC4)nc4ccccc4c3=O)cc2[N+](=O)[O-])c1. The van der Waals surface area contributed by atoms with Crippen molar-refractivity contribution in [1.82, 2.24) is 9.66 Å². The molecule has 0 atom stereocenters. The van der Waals surface area contributed by atoms with Crippen LogP contribution in [0.25, 0.3) is 10.9 Å². The van der Waals surface area contributed by atoms with Gasteiger partial charge in [0.05, 0.1) is 32.1 Å². The number of ether oxygens (including phenoxy) is 1. The van der Waals surface area contributed by atoms with Gasteiger partial charge in [0.2, 0.25) is 5.75 Å². The molecule has 204 valence electrons. The molecule has 40 heavy (non-hydrogen) atoms.